The Hall–Kier alpha value is -4.10. The van der Waals surface area contributed by atoms with Crippen LogP contribution in [0, 0.1) is 0 Å². The van der Waals surface area contributed by atoms with Crippen molar-refractivity contribution in [2.75, 3.05) is 0 Å². The van der Waals surface area contributed by atoms with Gasteiger partial charge in [0.25, 0.3) is 0 Å². The van der Waals surface area contributed by atoms with Gasteiger partial charge in [-0.15, -0.1) is 0 Å². The molecule has 0 radical (unpaired) electrons. The Kier molecular flexibility index (Phi) is 4.18. The Morgan fingerprint density at radius 2 is 0.903 bits per heavy atom. The average molecular weight is 396 g/mol. The predicted octanol–water partition coefficient (Wildman–Crippen LogP) is 8.61. The Bertz CT molecular complexity index is 1490. The molecular weight excluding hydrogens is 376 g/mol. The van der Waals surface area contributed by atoms with Crippen molar-refractivity contribution in [3.8, 4) is 22.6 Å². The molecule has 1 nitrogen and oxygen atoms in total. The third-order valence-corrected chi connectivity index (χ3v) is 5.91. The molecule has 0 fully saturated rings. The topological polar surface area (TPSA) is 9.23 Å². The first kappa shape index (κ1) is 17.7. The fourth-order valence-electron chi connectivity index (χ4n) is 4.51. The molecule has 0 aromatic heterocycles. The summed E-state index contributed by atoms with van der Waals surface area (Å²) in [5, 5.41) is 6.92. The molecule has 146 valence electrons. The number of hydrogen-bond acceptors (Lipinski definition) is 1. The minimum atomic E-state index is 0.876. The lowest BCUT2D eigenvalue weighted by atomic mass is 9.91. The lowest BCUT2D eigenvalue weighted by molar-refractivity contribution is 0.499. The Morgan fingerprint density at radius 1 is 0.387 bits per heavy atom. The summed E-state index contributed by atoms with van der Waals surface area (Å²) in [7, 11) is 0. The summed E-state index contributed by atoms with van der Waals surface area (Å²) in [5.41, 5.74) is 2.46. The van der Waals surface area contributed by atoms with Crippen LogP contribution in [-0.4, -0.2) is 0 Å². The number of rotatable bonds is 3. The second kappa shape index (κ2) is 7.30. The fourth-order valence-corrected chi connectivity index (χ4v) is 4.51. The zero-order valence-electron chi connectivity index (χ0n) is 17.0. The molecule has 0 heterocycles. The molecule has 6 aromatic carbocycles. The first-order valence-electron chi connectivity index (χ1n) is 10.5. The van der Waals surface area contributed by atoms with E-state index in [4.69, 9.17) is 4.74 Å². The first-order valence-corrected chi connectivity index (χ1v) is 10.5. The van der Waals surface area contributed by atoms with Crippen molar-refractivity contribution in [3.63, 3.8) is 0 Å². The van der Waals surface area contributed by atoms with Gasteiger partial charge in [-0.2, -0.15) is 0 Å². The van der Waals surface area contributed by atoms with E-state index in [1.165, 1.54) is 27.3 Å². The van der Waals surface area contributed by atoms with Crippen LogP contribution < -0.4 is 4.74 Å². The lowest BCUT2D eigenvalue weighted by Gasteiger charge is -2.18. The maximum atomic E-state index is 6.71. The van der Waals surface area contributed by atoms with Crippen LogP contribution in [0.2, 0.25) is 0 Å². The van der Waals surface area contributed by atoms with Crippen molar-refractivity contribution in [2.45, 2.75) is 0 Å². The summed E-state index contributed by atoms with van der Waals surface area (Å²) in [6.45, 7) is 0. The van der Waals surface area contributed by atoms with Crippen LogP contribution in [0.5, 0.6) is 11.5 Å². The van der Waals surface area contributed by atoms with E-state index in [9.17, 15) is 0 Å². The van der Waals surface area contributed by atoms with Gasteiger partial charge in [0.1, 0.15) is 11.5 Å². The van der Waals surface area contributed by atoms with Crippen molar-refractivity contribution in [1.82, 2.24) is 0 Å². The molecule has 0 saturated carbocycles. The Labute approximate surface area is 181 Å². The smallest absolute Gasteiger partial charge is 0.143 e. The van der Waals surface area contributed by atoms with Crippen LogP contribution in [-0.2, 0) is 0 Å². The number of benzene rings is 6. The molecular formula is C30H20O. The first-order chi connectivity index (χ1) is 15.4. The summed E-state index contributed by atoms with van der Waals surface area (Å²) >= 11 is 0. The SMILES string of the molecule is c1ccc(-c2c3ccccc3c(Oc3cccc4ccccc34)c3ccccc23)cc1. The number of fused-ring (bicyclic) bond motifs is 3. The van der Waals surface area contributed by atoms with Gasteiger partial charge >= 0.3 is 0 Å². The standard InChI is InChI=1S/C30H20O/c1-2-12-22(13-3-1)29-24-16-6-8-18-26(24)30(27-19-9-7-17-25(27)29)31-28-20-10-14-21-11-4-5-15-23(21)28/h1-20H. The highest BCUT2D eigenvalue weighted by atomic mass is 16.5. The summed E-state index contributed by atoms with van der Waals surface area (Å²) in [6, 6.07) is 42.3. The molecule has 0 spiro atoms. The molecule has 0 atom stereocenters. The van der Waals surface area contributed by atoms with E-state index in [1.54, 1.807) is 0 Å². The Morgan fingerprint density at radius 3 is 1.58 bits per heavy atom. The second-order valence-electron chi connectivity index (χ2n) is 7.74. The van der Waals surface area contributed by atoms with Crippen LogP contribution in [0.15, 0.2) is 121 Å². The van der Waals surface area contributed by atoms with Gasteiger partial charge in [-0.25, -0.2) is 0 Å². The highest BCUT2D eigenvalue weighted by molar-refractivity contribution is 6.17. The molecule has 0 aliphatic heterocycles. The average Bonchev–Trinajstić information content (AvgIpc) is 2.85. The highest BCUT2D eigenvalue weighted by Gasteiger charge is 2.17. The summed E-state index contributed by atoms with van der Waals surface area (Å²) in [6.07, 6.45) is 0. The molecule has 0 N–H and O–H groups in total. The molecule has 0 saturated heterocycles. The van der Waals surface area contributed by atoms with E-state index in [2.05, 4.69) is 121 Å². The minimum Gasteiger partial charge on any atom is -0.455 e. The summed E-state index contributed by atoms with van der Waals surface area (Å²) in [4.78, 5) is 0. The van der Waals surface area contributed by atoms with Crippen LogP contribution in [0.3, 0.4) is 0 Å². The molecule has 1 heteroatoms. The largest absolute Gasteiger partial charge is 0.455 e. The van der Waals surface area contributed by atoms with E-state index in [0.29, 0.717) is 0 Å². The highest BCUT2D eigenvalue weighted by Crippen LogP contribution is 2.45. The molecule has 0 amide bonds. The van der Waals surface area contributed by atoms with Gasteiger partial charge in [-0.05, 0) is 33.4 Å². The Balaban J connectivity index is 1.69. The molecule has 0 aliphatic carbocycles. The quantitative estimate of drug-likeness (QED) is 0.272. The van der Waals surface area contributed by atoms with E-state index in [0.717, 1.165) is 27.7 Å². The maximum absolute atomic E-state index is 6.71. The van der Waals surface area contributed by atoms with Gasteiger partial charge in [0.05, 0.1) is 0 Å². The van der Waals surface area contributed by atoms with Crippen LogP contribution in [0.25, 0.3) is 43.4 Å². The lowest BCUT2D eigenvalue weighted by Crippen LogP contribution is -1.92. The minimum absolute atomic E-state index is 0.876. The van der Waals surface area contributed by atoms with Crippen molar-refractivity contribution in [3.05, 3.63) is 121 Å². The van der Waals surface area contributed by atoms with E-state index in [1.807, 2.05) is 0 Å². The molecule has 6 rings (SSSR count). The van der Waals surface area contributed by atoms with Gasteiger partial charge in [-0.1, -0.05) is 115 Å². The third kappa shape index (κ3) is 2.94. The van der Waals surface area contributed by atoms with Crippen molar-refractivity contribution in [2.24, 2.45) is 0 Å². The molecule has 0 aliphatic rings. The monoisotopic (exact) mass is 396 g/mol. The summed E-state index contributed by atoms with van der Waals surface area (Å²) in [5.74, 6) is 1.78. The van der Waals surface area contributed by atoms with Gasteiger partial charge in [-0.3, -0.25) is 0 Å². The van der Waals surface area contributed by atoms with Crippen LogP contribution >= 0.6 is 0 Å². The van der Waals surface area contributed by atoms with Crippen LogP contribution in [0.1, 0.15) is 0 Å². The van der Waals surface area contributed by atoms with E-state index < -0.39 is 0 Å². The van der Waals surface area contributed by atoms with Crippen molar-refractivity contribution < 1.29 is 4.74 Å². The zero-order chi connectivity index (χ0) is 20.6. The maximum Gasteiger partial charge on any atom is 0.143 e. The number of ether oxygens (including phenoxy) is 1. The van der Waals surface area contributed by atoms with Crippen molar-refractivity contribution in [1.29, 1.82) is 0 Å². The summed E-state index contributed by atoms with van der Waals surface area (Å²) < 4.78 is 6.71. The predicted molar refractivity (Wildman–Crippen MR) is 131 cm³/mol. The fraction of sp³-hybridized carbons (Fsp3) is 0. The van der Waals surface area contributed by atoms with Gasteiger partial charge in [0, 0.05) is 16.2 Å². The molecule has 0 unspecified atom stereocenters. The van der Waals surface area contributed by atoms with E-state index in [-0.39, 0.29) is 0 Å². The second-order valence-corrected chi connectivity index (χ2v) is 7.74. The normalized spacial score (nSPS) is 11.2. The number of hydrogen-bond donors (Lipinski definition) is 0. The van der Waals surface area contributed by atoms with Crippen molar-refractivity contribution >= 4 is 32.3 Å². The molecule has 0 bridgehead atoms. The van der Waals surface area contributed by atoms with Gasteiger partial charge in [0.15, 0.2) is 0 Å². The molecule has 31 heavy (non-hydrogen) atoms. The van der Waals surface area contributed by atoms with Crippen LogP contribution in [0.4, 0.5) is 0 Å². The molecule has 6 aromatic rings. The van der Waals surface area contributed by atoms with Gasteiger partial charge < -0.3 is 4.74 Å². The van der Waals surface area contributed by atoms with Gasteiger partial charge in [0.2, 0.25) is 0 Å². The third-order valence-electron chi connectivity index (χ3n) is 5.91. The zero-order valence-corrected chi connectivity index (χ0v) is 17.0. The van der Waals surface area contributed by atoms with E-state index >= 15 is 0 Å².